The first-order valence-electron chi connectivity index (χ1n) is 9.49. The molecule has 0 aliphatic rings. The molecular weight excluding hydrogens is 416 g/mol. The predicted octanol–water partition coefficient (Wildman–Crippen LogP) is 5.53. The standard InChI is InChI=1S/C23H22N2O3S2/c1-3-28-22(27)20-14-19(13-16-7-5-4-6-8-16)30-21(20)25-23(29)24-18-11-9-17(10-12-18)15(2)26/h4-12,14H,3,13H2,1-2H3,(H2,24,25,29). The van der Waals surface area contributed by atoms with E-state index in [1.54, 1.807) is 31.2 Å². The predicted molar refractivity (Wildman–Crippen MR) is 126 cm³/mol. The Labute approximate surface area is 185 Å². The van der Waals surface area contributed by atoms with Gasteiger partial charge in [-0.25, -0.2) is 4.79 Å². The number of carbonyl (C=O) groups is 2. The van der Waals surface area contributed by atoms with Crippen LogP contribution >= 0.6 is 23.6 Å². The normalized spacial score (nSPS) is 10.3. The lowest BCUT2D eigenvalue weighted by Crippen LogP contribution is -2.20. The Morgan fingerprint density at radius 1 is 1.03 bits per heavy atom. The molecule has 0 spiro atoms. The zero-order chi connectivity index (χ0) is 21.5. The molecule has 3 aromatic rings. The molecule has 2 N–H and O–H groups in total. The number of hydrogen-bond donors (Lipinski definition) is 2. The number of ketones is 1. The summed E-state index contributed by atoms with van der Waals surface area (Å²) in [5, 5.41) is 7.18. The maximum absolute atomic E-state index is 12.4. The first kappa shape index (κ1) is 21.7. The number of nitrogens with one attached hydrogen (secondary N) is 2. The van der Waals surface area contributed by atoms with Crippen molar-refractivity contribution in [2.75, 3.05) is 17.2 Å². The fourth-order valence-electron chi connectivity index (χ4n) is 2.83. The van der Waals surface area contributed by atoms with E-state index in [9.17, 15) is 9.59 Å². The Balaban J connectivity index is 1.76. The van der Waals surface area contributed by atoms with Crippen LogP contribution in [0.3, 0.4) is 0 Å². The second kappa shape index (κ2) is 10.1. The van der Waals surface area contributed by atoms with Gasteiger partial charge in [-0.15, -0.1) is 11.3 Å². The topological polar surface area (TPSA) is 67.4 Å². The molecule has 154 valence electrons. The van der Waals surface area contributed by atoms with E-state index in [1.807, 2.05) is 36.4 Å². The van der Waals surface area contributed by atoms with Crippen molar-refractivity contribution in [2.45, 2.75) is 20.3 Å². The second-order valence-electron chi connectivity index (χ2n) is 6.55. The third-order valence-electron chi connectivity index (χ3n) is 4.28. The van der Waals surface area contributed by atoms with Crippen LogP contribution in [0, 0.1) is 0 Å². The van der Waals surface area contributed by atoms with E-state index in [4.69, 9.17) is 17.0 Å². The van der Waals surface area contributed by atoms with E-state index in [-0.39, 0.29) is 11.8 Å². The third kappa shape index (κ3) is 5.75. The Hall–Kier alpha value is -3.03. The summed E-state index contributed by atoms with van der Waals surface area (Å²) in [6.45, 7) is 3.60. The van der Waals surface area contributed by atoms with Crippen LogP contribution in [0.1, 0.15) is 45.0 Å². The van der Waals surface area contributed by atoms with E-state index in [1.165, 1.54) is 18.3 Å². The minimum Gasteiger partial charge on any atom is -0.462 e. The van der Waals surface area contributed by atoms with Crippen LogP contribution in [0.5, 0.6) is 0 Å². The lowest BCUT2D eigenvalue weighted by Gasteiger charge is -2.11. The Morgan fingerprint density at radius 3 is 2.37 bits per heavy atom. The summed E-state index contributed by atoms with van der Waals surface area (Å²) in [4.78, 5) is 24.9. The van der Waals surface area contributed by atoms with Gasteiger partial charge in [0, 0.05) is 22.5 Å². The molecule has 7 heteroatoms. The average Bonchev–Trinajstić information content (AvgIpc) is 3.11. The van der Waals surface area contributed by atoms with Crippen molar-refractivity contribution in [1.82, 2.24) is 0 Å². The summed E-state index contributed by atoms with van der Waals surface area (Å²) >= 11 is 6.89. The van der Waals surface area contributed by atoms with Crippen LogP contribution < -0.4 is 10.6 Å². The molecule has 0 saturated carbocycles. The summed E-state index contributed by atoms with van der Waals surface area (Å²) in [5.41, 5.74) is 3.00. The van der Waals surface area contributed by atoms with Crippen molar-refractivity contribution in [1.29, 1.82) is 0 Å². The molecule has 0 saturated heterocycles. The van der Waals surface area contributed by atoms with Crippen molar-refractivity contribution in [3.63, 3.8) is 0 Å². The SMILES string of the molecule is CCOC(=O)c1cc(Cc2ccccc2)sc1NC(=S)Nc1ccc(C(C)=O)cc1. The maximum atomic E-state index is 12.4. The summed E-state index contributed by atoms with van der Waals surface area (Å²) in [7, 11) is 0. The highest BCUT2D eigenvalue weighted by Gasteiger charge is 2.18. The highest BCUT2D eigenvalue weighted by atomic mass is 32.1. The summed E-state index contributed by atoms with van der Waals surface area (Å²) in [5.74, 6) is -0.380. The number of carbonyl (C=O) groups excluding carboxylic acids is 2. The van der Waals surface area contributed by atoms with Crippen molar-refractivity contribution < 1.29 is 14.3 Å². The molecule has 0 fully saturated rings. The molecule has 5 nitrogen and oxygen atoms in total. The first-order chi connectivity index (χ1) is 14.5. The van der Waals surface area contributed by atoms with Gasteiger partial charge in [0.15, 0.2) is 10.9 Å². The summed E-state index contributed by atoms with van der Waals surface area (Å²) < 4.78 is 5.20. The van der Waals surface area contributed by atoms with E-state index in [2.05, 4.69) is 10.6 Å². The fourth-order valence-corrected chi connectivity index (χ4v) is 4.20. The monoisotopic (exact) mass is 438 g/mol. The molecule has 0 radical (unpaired) electrons. The Morgan fingerprint density at radius 2 is 1.73 bits per heavy atom. The summed E-state index contributed by atoms with van der Waals surface area (Å²) in [6.07, 6.45) is 0.715. The van der Waals surface area contributed by atoms with Crippen LogP contribution in [0.25, 0.3) is 0 Å². The molecule has 30 heavy (non-hydrogen) atoms. The van der Waals surface area contributed by atoms with Gasteiger partial charge in [-0.2, -0.15) is 0 Å². The quantitative estimate of drug-likeness (QED) is 0.287. The zero-order valence-electron chi connectivity index (χ0n) is 16.7. The Bertz CT molecular complexity index is 1040. The molecule has 0 amide bonds. The lowest BCUT2D eigenvalue weighted by atomic mass is 10.1. The number of thiocarbonyl (C=S) groups is 1. The summed E-state index contributed by atoms with van der Waals surface area (Å²) in [6, 6.07) is 18.9. The molecule has 2 aromatic carbocycles. The van der Waals surface area contributed by atoms with Gasteiger partial charge >= 0.3 is 5.97 Å². The number of anilines is 2. The average molecular weight is 439 g/mol. The van der Waals surface area contributed by atoms with Crippen molar-refractivity contribution in [3.05, 3.63) is 82.2 Å². The minimum absolute atomic E-state index is 0.00543. The first-order valence-corrected chi connectivity index (χ1v) is 10.7. The third-order valence-corrected chi connectivity index (χ3v) is 5.53. The number of ether oxygens (including phenoxy) is 1. The van der Waals surface area contributed by atoms with Crippen molar-refractivity contribution in [3.8, 4) is 0 Å². The van der Waals surface area contributed by atoms with Crippen molar-refractivity contribution in [2.24, 2.45) is 0 Å². The van der Waals surface area contributed by atoms with Crippen molar-refractivity contribution >= 4 is 51.1 Å². The number of Topliss-reactive ketones (excluding diaryl/α,β-unsaturated/α-hetero) is 1. The van der Waals surface area contributed by atoms with Gasteiger partial charge in [0.05, 0.1) is 12.2 Å². The second-order valence-corrected chi connectivity index (χ2v) is 8.10. The fraction of sp³-hybridized carbons (Fsp3) is 0.174. The van der Waals surface area contributed by atoms with Gasteiger partial charge in [-0.3, -0.25) is 4.79 Å². The van der Waals surface area contributed by atoms with Crippen LogP contribution in [-0.2, 0) is 11.2 Å². The van der Waals surface area contributed by atoms with E-state index < -0.39 is 0 Å². The Kier molecular flexibility index (Phi) is 7.32. The van der Waals surface area contributed by atoms with Gasteiger partial charge in [-0.05, 0) is 62.0 Å². The van der Waals surface area contributed by atoms with Gasteiger partial charge in [0.2, 0.25) is 0 Å². The zero-order valence-corrected chi connectivity index (χ0v) is 18.4. The number of thiophene rings is 1. The minimum atomic E-state index is -0.385. The molecule has 0 bridgehead atoms. The van der Waals surface area contributed by atoms with E-state index >= 15 is 0 Å². The number of benzene rings is 2. The molecule has 0 aliphatic heterocycles. The number of rotatable bonds is 7. The molecule has 1 heterocycles. The van der Waals surface area contributed by atoms with Crippen LogP contribution in [0.15, 0.2) is 60.7 Å². The number of hydrogen-bond acceptors (Lipinski definition) is 5. The van der Waals surface area contributed by atoms with E-state index in [0.717, 1.165) is 16.1 Å². The highest BCUT2D eigenvalue weighted by Crippen LogP contribution is 2.31. The van der Waals surface area contributed by atoms with Gasteiger partial charge in [0.1, 0.15) is 5.00 Å². The molecule has 1 aromatic heterocycles. The molecular formula is C23H22N2O3S2. The van der Waals surface area contributed by atoms with Crippen LogP contribution in [0.4, 0.5) is 10.7 Å². The number of esters is 1. The van der Waals surface area contributed by atoms with Gasteiger partial charge < -0.3 is 15.4 Å². The lowest BCUT2D eigenvalue weighted by molar-refractivity contribution is 0.0528. The molecule has 0 atom stereocenters. The van der Waals surface area contributed by atoms with Gasteiger partial charge in [-0.1, -0.05) is 30.3 Å². The molecule has 0 unspecified atom stereocenters. The smallest absolute Gasteiger partial charge is 0.341 e. The molecule has 0 aliphatic carbocycles. The van der Waals surface area contributed by atoms with E-state index in [0.29, 0.717) is 34.3 Å². The molecule has 3 rings (SSSR count). The van der Waals surface area contributed by atoms with Crippen LogP contribution in [-0.4, -0.2) is 23.5 Å². The van der Waals surface area contributed by atoms with Gasteiger partial charge in [0.25, 0.3) is 0 Å². The van der Waals surface area contributed by atoms with Crippen LogP contribution in [0.2, 0.25) is 0 Å². The highest BCUT2D eigenvalue weighted by molar-refractivity contribution is 7.80. The maximum Gasteiger partial charge on any atom is 0.341 e. The largest absolute Gasteiger partial charge is 0.462 e.